The second-order valence-electron chi connectivity index (χ2n) is 3.86. The Labute approximate surface area is 67.5 Å². The number of fused-ring (bicyclic) bond motifs is 3. The van der Waals surface area contributed by atoms with Crippen molar-refractivity contribution in [2.45, 2.75) is 25.4 Å². The Morgan fingerprint density at radius 1 is 1.55 bits per heavy atom. The zero-order chi connectivity index (χ0) is 8.06. The van der Waals surface area contributed by atoms with Crippen molar-refractivity contribution >= 4 is 0 Å². The van der Waals surface area contributed by atoms with Crippen LogP contribution in [-0.4, -0.2) is 28.7 Å². The van der Waals surface area contributed by atoms with E-state index in [1.54, 1.807) is 0 Å². The molecular weight excluding hydrogens is 138 g/mol. The van der Waals surface area contributed by atoms with E-state index >= 15 is 0 Å². The summed E-state index contributed by atoms with van der Waals surface area (Å²) < 4.78 is 0. The lowest BCUT2D eigenvalue weighted by Crippen LogP contribution is -2.55. The van der Waals surface area contributed by atoms with Crippen molar-refractivity contribution in [2.75, 3.05) is 13.1 Å². The van der Waals surface area contributed by atoms with Crippen LogP contribution in [0.15, 0.2) is 12.3 Å². The van der Waals surface area contributed by atoms with Crippen molar-refractivity contribution < 1.29 is 5.11 Å². The van der Waals surface area contributed by atoms with Gasteiger partial charge in [-0.15, -0.1) is 0 Å². The van der Waals surface area contributed by atoms with Crippen molar-refractivity contribution in [3.8, 4) is 0 Å². The van der Waals surface area contributed by atoms with E-state index in [4.69, 9.17) is 0 Å². The van der Waals surface area contributed by atoms with Crippen molar-refractivity contribution in [1.82, 2.24) is 4.90 Å². The number of hydrogen-bond acceptors (Lipinski definition) is 2. The zero-order valence-electron chi connectivity index (χ0n) is 7.01. The van der Waals surface area contributed by atoms with Crippen LogP contribution >= 0.6 is 0 Å². The topological polar surface area (TPSA) is 23.5 Å². The van der Waals surface area contributed by atoms with Crippen molar-refractivity contribution in [3.05, 3.63) is 12.3 Å². The first-order chi connectivity index (χ1) is 5.12. The average Bonchev–Trinajstić information content (AvgIpc) is 2.01. The summed E-state index contributed by atoms with van der Waals surface area (Å²) in [5.41, 5.74) is 0.316. The maximum absolute atomic E-state index is 9.99. The van der Waals surface area contributed by atoms with Gasteiger partial charge in [0.05, 0.1) is 0 Å². The minimum atomic E-state index is -0.615. The maximum atomic E-state index is 9.99. The highest BCUT2D eigenvalue weighted by molar-refractivity contribution is 5.18. The average molecular weight is 153 g/mol. The smallest absolute Gasteiger partial charge is 0.104 e. The zero-order valence-corrected chi connectivity index (χ0v) is 7.01. The molecule has 0 aromatic heterocycles. The number of aliphatic hydroxyl groups is 1. The number of rotatable bonds is 0. The molecule has 3 saturated heterocycles. The Bertz CT molecular complexity index is 190. The second kappa shape index (κ2) is 2.01. The van der Waals surface area contributed by atoms with Gasteiger partial charge in [0, 0.05) is 18.8 Å². The molecule has 0 radical (unpaired) electrons. The van der Waals surface area contributed by atoms with Crippen molar-refractivity contribution in [2.24, 2.45) is 5.92 Å². The lowest BCUT2D eigenvalue weighted by atomic mass is 9.74. The molecule has 0 aromatic rings. The van der Waals surface area contributed by atoms with Crippen LogP contribution in [-0.2, 0) is 0 Å². The monoisotopic (exact) mass is 153 g/mol. The first-order valence-corrected chi connectivity index (χ1v) is 4.29. The molecule has 2 heteroatoms. The minimum Gasteiger partial charge on any atom is -0.384 e. The van der Waals surface area contributed by atoms with Crippen LogP contribution in [0.25, 0.3) is 0 Å². The van der Waals surface area contributed by atoms with Gasteiger partial charge in [0.15, 0.2) is 0 Å². The summed E-state index contributed by atoms with van der Waals surface area (Å²) in [6, 6.07) is 0. The molecule has 0 saturated carbocycles. The quantitative estimate of drug-likeness (QED) is 0.560. The molecule has 2 bridgehead atoms. The molecule has 2 nitrogen and oxygen atoms in total. The highest BCUT2D eigenvalue weighted by Crippen LogP contribution is 2.41. The largest absolute Gasteiger partial charge is 0.384 e. The first kappa shape index (κ1) is 7.17. The van der Waals surface area contributed by atoms with Gasteiger partial charge in [-0.2, -0.15) is 0 Å². The van der Waals surface area contributed by atoms with Gasteiger partial charge in [0.1, 0.15) is 5.60 Å². The second-order valence-corrected chi connectivity index (χ2v) is 3.86. The number of nitrogens with zero attached hydrogens (tertiary/aromatic N) is 1. The van der Waals surface area contributed by atoms with Crippen LogP contribution in [0.5, 0.6) is 0 Å². The summed E-state index contributed by atoms with van der Waals surface area (Å²) >= 11 is 0. The fourth-order valence-electron chi connectivity index (χ4n) is 2.27. The molecule has 0 spiro atoms. The van der Waals surface area contributed by atoms with Gasteiger partial charge >= 0.3 is 0 Å². The summed E-state index contributed by atoms with van der Waals surface area (Å²) in [6.45, 7) is 8.01. The molecule has 11 heavy (non-hydrogen) atoms. The van der Waals surface area contributed by atoms with Gasteiger partial charge < -0.3 is 10.0 Å². The van der Waals surface area contributed by atoms with E-state index in [9.17, 15) is 5.11 Å². The van der Waals surface area contributed by atoms with E-state index in [1.807, 2.05) is 6.92 Å². The summed E-state index contributed by atoms with van der Waals surface area (Å²) in [4.78, 5) is 2.21. The molecular formula is C9H15NO. The van der Waals surface area contributed by atoms with Gasteiger partial charge in [-0.1, -0.05) is 6.58 Å². The van der Waals surface area contributed by atoms with E-state index in [0.717, 1.165) is 31.6 Å². The lowest BCUT2D eigenvalue weighted by Gasteiger charge is -2.51. The SMILES string of the molecule is C=C1N2CCC(CC2)C1(C)O. The van der Waals surface area contributed by atoms with Crippen molar-refractivity contribution in [1.29, 1.82) is 0 Å². The Morgan fingerprint density at radius 2 is 2.09 bits per heavy atom. The Balaban J connectivity index is 2.30. The fourth-order valence-corrected chi connectivity index (χ4v) is 2.27. The molecule has 0 aliphatic carbocycles. The van der Waals surface area contributed by atoms with E-state index in [1.165, 1.54) is 0 Å². The normalized spacial score (nSPS) is 43.3. The molecule has 3 rings (SSSR count). The van der Waals surface area contributed by atoms with Crippen LogP contribution in [0.2, 0.25) is 0 Å². The van der Waals surface area contributed by atoms with E-state index in [2.05, 4.69) is 11.5 Å². The fraction of sp³-hybridized carbons (Fsp3) is 0.778. The van der Waals surface area contributed by atoms with Crippen LogP contribution in [0, 0.1) is 5.92 Å². The third-order valence-corrected chi connectivity index (χ3v) is 3.26. The Morgan fingerprint density at radius 3 is 2.36 bits per heavy atom. The summed E-state index contributed by atoms with van der Waals surface area (Å²) in [5, 5.41) is 9.99. The molecule has 3 heterocycles. The van der Waals surface area contributed by atoms with Gasteiger partial charge in [0.2, 0.25) is 0 Å². The molecule has 1 unspecified atom stereocenters. The van der Waals surface area contributed by atoms with Crippen LogP contribution in [0.4, 0.5) is 0 Å². The third-order valence-electron chi connectivity index (χ3n) is 3.26. The van der Waals surface area contributed by atoms with Gasteiger partial charge in [-0.05, 0) is 25.7 Å². The predicted molar refractivity (Wildman–Crippen MR) is 44.1 cm³/mol. The lowest BCUT2D eigenvalue weighted by molar-refractivity contribution is -0.0571. The predicted octanol–water partition coefficient (Wildman–Crippen LogP) is 0.977. The molecule has 3 fully saturated rings. The van der Waals surface area contributed by atoms with E-state index in [0.29, 0.717) is 5.92 Å². The summed E-state index contributed by atoms with van der Waals surface area (Å²) in [7, 11) is 0. The van der Waals surface area contributed by atoms with Gasteiger partial charge in [-0.3, -0.25) is 0 Å². The van der Waals surface area contributed by atoms with E-state index in [-0.39, 0.29) is 0 Å². The first-order valence-electron chi connectivity index (χ1n) is 4.29. The Hall–Kier alpha value is -0.500. The molecule has 0 amide bonds. The van der Waals surface area contributed by atoms with Crippen molar-refractivity contribution in [3.63, 3.8) is 0 Å². The summed E-state index contributed by atoms with van der Waals surface area (Å²) in [5.74, 6) is 0.458. The molecule has 1 N–H and O–H groups in total. The standard InChI is InChI=1S/C9H15NO/c1-7-9(2,11)8-3-5-10(7)6-4-8/h8,11H,1,3-6H2,2H3. The minimum absolute atomic E-state index is 0.458. The van der Waals surface area contributed by atoms with Crippen LogP contribution in [0.1, 0.15) is 19.8 Å². The third kappa shape index (κ3) is 0.822. The number of hydrogen-bond donors (Lipinski definition) is 1. The number of piperidine rings is 3. The molecule has 1 atom stereocenters. The molecule has 62 valence electrons. The molecule has 3 aliphatic heterocycles. The highest BCUT2D eigenvalue weighted by atomic mass is 16.3. The van der Waals surface area contributed by atoms with Crippen LogP contribution < -0.4 is 0 Å². The van der Waals surface area contributed by atoms with E-state index < -0.39 is 5.60 Å². The summed E-state index contributed by atoms with van der Waals surface area (Å²) in [6.07, 6.45) is 2.26. The highest BCUT2D eigenvalue weighted by Gasteiger charge is 2.44. The van der Waals surface area contributed by atoms with Gasteiger partial charge in [0.25, 0.3) is 0 Å². The Kier molecular flexibility index (Phi) is 1.31. The van der Waals surface area contributed by atoms with Crippen LogP contribution in [0.3, 0.4) is 0 Å². The molecule has 0 aromatic carbocycles. The van der Waals surface area contributed by atoms with Gasteiger partial charge in [-0.25, -0.2) is 0 Å². The maximum Gasteiger partial charge on any atom is 0.104 e. The molecule has 3 aliphatic rings.